The first-order chi connectivity index (χ1) is 10.4. The second-order valence-electron chi connectivity index (χ2n) is 6.08. The van der Waals surface area contributed by atoms with Gasteiger partial charge < -0.3 is 9.90 Å². The van der Waals surface area contributed by atoms with Crippen molar-refractivity contribution in [2.24, 2.45) is 5.41 Å². The third-order valence-electron chi connectivity index (χ3n) is 4.90. The third-order valence-corrected chi connectivity index (χ3v) is 5.81. The van der Waals surface area contributed by atoms with Gasteiger partial charge >= 0.3 is 0 Å². The number of aliphatic carboxylic acids is 1. The summed E-state index contributed by atoms with van der Waals surface area (Å²) >= 11 is 12.7. The summed E-state index contributed by atoms with van der Waals surface area (Å²) in [6, 6.07) is 1.81. The van der Waals surface area contributed by atoms with Crippen LogP contribution in [0.2, 0.25) is 10.0 Å². The topological polar surface area (TPSA) is 57.2 Å². The molecule has 3 nitrogen and oxygen atoms in total. The minimum atomic E-state index is -1.19. The van der Waals surface area contributed by atoms with Crippen molar-refractivity contribution in [2.75, 3.05) is 0 Å². The zero-order chi connectivity index (χ0) is 16.1. The Morgan fingerprint density at radius 3 is 2.73 bits per heavy atom. The highest BCUT2D eigenvalue weighted by Gasteiger charge is 2.44. The maximum absolute atomic E-state index is 11.8. The molecule has 1 unspecified atom stereocenters. The standard InChI is InChI=1S/C17H16Cl2O3/c1-2-17-4-3-11(20)7-12(17)14-10(8-17)5-9(6-13(21)22)15(18)16(14)19/h5,7H,2-4,6,8H2,1H3,(H,21,22)/p-1. The SMILES string of the molecule is CCC12CCC(=O)C=C1c1c(cc(CC(=O)[O-])c(Cl)c1Cl)C2. The summed E-state index contributed by atoms with van der Waals surface area (Å²) in [6.45, 7) is 2.10. The lowest BCUT2D eigenvalue weighted by atomic mass is 9.71. The molecule has 1 aromatic rings. The number of hydrogen-bond acceptors (Lipinski definition) is 3. The van der Waals surface area contributed by atoms with Crippen LogP contribution in [0.5, 0.6) is 0 Å². The molecule has 0 saturated carbocycles. The summed E-state index contributed by atoms with van der Waals surface area (Å²) < 4.78 is 0. The van der Waals surface area contributed by atoms with Crippen LogP contribution in [0.1, 0.15) is 42.9 Å². The Bertz CT molecular complexity index is 721. The minimum absolute atomic E-state index is 0.0801. The Kier molecular flexibility index (Phi) is 3.82. The van der Waals surface area contributed by atoms with Gasteiger partial charge in [-0.2, -0.15) is 0 Å². The fourth-order valence-corrected chi connectivity index (χ4v) is 4.27. The first-order valence-corrected chi connectivity index (χ1v) is 8.08. The molecule has 0 aromatic heterocycles. The van der Waals surface area contributed by atoms with E-state index in [0.29, 0.717) is 17.0 Å². The number of benzene rings is 1. The van der Waals surface area contributed by atoms with Crippen molar-refractivity contribution in [2.45, 2.75) is 39.0 Å². The molecule has 0 spiro atoms. The molecule has 22 heavy (non-hydrogen) atoms. The lowest BCUT2D eigenvalue weighted by Gasteiger charge is -2.32. The van der Waals surface area contributed by atoms with Gasteiger partial charge in [0.2, 0.25) is 0 Å². The molecule has 2 aliphatic carbocycles. The molecule has 0 fully saturated rings. The molecular weight excluding hydrogens is 323 g/mol. The number of halogens is 2. The summed E-state index contributed by atoms with van der Waals surface area (Å²) in [4.78, 5) is 22.7. The van der Waals surface area contributed by atoms with Crippen molar-refractivity contribution in [1.82, 2.24) is 0 Å². The summed E-state index contributed by atoms with van der Waals surface area (Å²) in [6.07, 6.45) is 4.46. The molecule has 0 heterocycles. The van der Waals surface area contributed by atoms with Gasteiger partial charge in [0.15, 0.2) is 5.78 Å². The van der Waals surface area contributed by atoms with Gasteiger partial charge in [-0.3, -0.25) is 4.79 Å². The van der Waals surface area contributed by atoms with Gasteiger partial charge in [-0.1, -0.05) is 36.2 Å². The van der Waals surface area contributed by atoms with E-state index in [4.69, 9.17) is 23.2 Å². The molecule has 0 radical (unpaired) electrons. The van der Waals surface area contributed by atoms with Gasteiger partial charge in [0.1, 0.15) is 0 Å². The van der Waals surface area contributed by atoms with E-state index in [0.717, 1.165) is 36.0 Å². The van der Waals surface area contributed by atoms with Gasteiger partial charge in [0.25, 0.3) is 0 Å². The highest BCUT2D eigenvalue weighted by atomic mass is 35.5. The molecule has 2 aliphatic rings. The normalized spacial score (nSPS) is 23.0. The number of rotatable bonds is 3. The molecule has 0 aliphatic heterocycles. The molecule has 0 bridgehead atoms. The van der Waals surface area contributed by atoms with Crippen molar-refractivity contribution in [3.05, 3.63) is 38.9 Å². The van der Waals surface area contributed by atoms with Gasteiger partial charge in [-0.15, -0.1) is 0 Å². The van der Waals surface area contributed by atoms with Crippen LogP contribution in [0.4, 0.5) is 0 Å². The smallest absolute Gasteiger partial charge is 0.156 e. The van der Waals surface area contributed by atoms with Gasteiger partial charge in [-0.25, -0.2) is 0 Å². The Morgan fingerprint density at radius 1 is 1.36 bits per heavy atom. The fraction of sp³-hybridized carbons (Fsp3) is 0.412. The third kappa shape index (κ3) is 2.27. The van der Waals surface area contributed by atoms with E-state index < -0.39 is 5.97 Å². The summed E-state index contributed by atoms with van der Waals surface area (Å²) in [5, 5.41) is 11.5. The maximum Gasteiger partial charge on any atom is 0.156 e. The van der Waals surface area contributed by atoms with Crippen LogP contribution < -0.4 is 5.11 Å². The Balaban J connectivity index is 2.20. The quantitative estimate of drug-likeness (QED) is 0.851. The molecule has 5 heteroatoms. The predicted octanol–water partition coefficient (Wildman–Crippen LogP) is 2.98. The Hall–Kier alpha value is -1.32. The van der Waals surface area contributed by atoms with Crippen LogP contribution in [0, 0.1) is 5.41 Å². The van der Waals surface area contributed by atoms with Crippen molar-refractivity contribution in [3.8, 4) is 0 Å². The number of carbonyl (C=O) groups excluding carboxylic acids is 2. The van der Waals surface area contributed by atoms with Crippen LogP contribution in [0.3, 0.4) is 0 Å². The van der Waals surface area contributed by atoms with Crippen LogP contribution in [-0.2, 0) is 22.4 Å². The molecule has 116 valence electrons. The van der Waals surface area contributed by atoms with E-state index in [1.807, 2.05) is 0 Å². The van der Waals surface area contributed by atoms with Crippen LogP contribution in [-0.4, -0.2) is 11.8 Å². The van der Waals surface area contributed by atoms with Crippen molar-refractivity contribution >= 4 is 40.5 Å². The first-order valence-electron chi connectivity index (χ1n) is 7.33. The molecular formula is C17H15Cl2O3-. The zero-order valence-corrected chi connectivity index (χ0v) is 13.7. The van der Waals surface area contributed by atoms with Gasteiger partial charge in [0, 0.05) is 29.8 Å². The van der Waals surface area contributed by atoms with E-state index in [1.165, 1.54) is 0 Å². The second-order valence-corrected chi connectivity index (χ2v) is 6.84. The fourth-order valence-electron chi connectivity index (χ4n) is 3.71. The second kappa shape index (κ2) is 5.39. The van der Waals surface area contributed by atoms with E-state index in [2.05, 4.69) is 6.92 Å². The van der Waals surface area contributed by atoms with E-state index in [1.54, 1.807) is 12.1 Å². The molecule has 1 aromatic carbocycles. The Labute approximate surface area is 138 Å². The Morgan fingerprint density at radius 2 is 2.09 bits per heavy atom. The lowest BCUT2D eigenvalue weighted by Crippen LogP contribution is -2.24. The lowest BCUT2D eigenvalue weighted by molar-refractivity contribution is -0.304. The average molecular weight is 338 g/mol. The number of carboxylic acids is 1. The number of hydrogen-bond donors (Lipinski definition) is 0. The predicted molar refractivity (Wildman–Crippen MR) is 83.8 cm³/mol. The summed E-state index contributed by atoms with van der Waals surface area (Å²) in [7, 11) is 0. The summed E-state index contributed by atoms with van der Waals surface area (Å²) in [5.74, 6) is -1.08. The molecule has 0 saturated heterocycles. The van der Waals surface area contributed by atoms with Crippen LogP contribution in [0.15, 0.2) is 12.1 Å². The van der Waals surface area contributed by atoms with Gasteiger partial charge in [-0.05, 0) is 42.0 Å². The van der Waals surface area contributed by atoms with Crippen LogP contribution >= 0.6 is 23.2 Å². The zero-order valence-electron chi connectivity index (χ0n) is 12.2. The van der Waals surface area contributed by atoms with Crippen molar-refractivity contribution < 1.29 is 14.7 Å². The molecule has 1 atom stereocenters. The number of allylic oxidation sites excluding steroid dienone is 2. The maximum atomic E-state index is 11.8. The van der Waals surface area contributed by atoms with E-state index in [9.17, 15) is 14.7 Å². The summed E-state index contributed by atoms with van der Waals surface area (Å²) in [5.41, 5.74) is 3.16. The number of carbonyl (C=O) groups is 2. The molecule has 0 amide bonds. The first kappa shape index (κ1) is 15.6. The highest BCUT2D eigenvalue weighted by molar-refractivity contribution is 6.44. The van der Waals surface area contributed by atoms with E-state index in [-0.39, 0.29) is 22.6 Å². The molecule has 0 N–H and O–H groups in total. The van der Waals surface area contributed by atoms with Crippen molar-refractivity contribution in [1.29, 1.82) is 0 Å². The number of ketones is 1. The van der Waals surface area contributed by atoms with Gasteiger partial charge in [0.05, 0.1) is 10.0 Å². The van der Waals surface area contributed by atoms with Crippen molar-refractivity contribution in [3.63, 3.8) is 0 Å². The van der Waals surface area contributed by atoms with E-state index >= 15 is 0 Å². The van der Waals surface area contributed by atoms with Crippen LogP contribution in [0.25, 0.3) is 5.57 Å². The highest BCUT2D eigenvalue weighted by Crippen LogP contribution is 2.56. The largest absolute Gasteiger partial charge is 0.550 e. The average Bonchev–Trinajstić information content (AvgIpc) is 2.78. The number of carboxylic acid groups (broad SMARTS) is 1. The number of fused-ring (bicyclic) bond motifs is 3. The minimum Gasteiger partial charge on any atom is -0.550 e. The molecule has 3 rings (SSSR count). The monoisotopic (exact) mass is 337 g/mol.